The molecule has 0 aliphatic carbocycles. The number of hydrogen-bond acceptors (Lipinski definition) is 3. The molecule has 1 aromatic carbocycles. The van der Waals surface area contributed by atoms with Gasteiger partial charge in [0.15, 0.2) is 0 Å². The Balaban J connectivity index is 2.21. The van der Waals surface area contributed by atoms with E-state index in [0.29, 0.717) is 5.02 Å². The van der Waals surface area contributed by atoms with Crippen LogP contribution in [-0.4, -0.2) is 12.2 Å². The highest BCUT2D eigenvalue weighted by Crippen LogP contribution is 2.66. The summed E-state index contributed by atoms with van der Waals surface area (Å²) in [6.45, 7) is 1.69. The van der Waals surface area contributed by atoms with E-state index in [1.165, 1.54) is 0 Å². The van der Waals surface area contributed by atoms with Gasteiger partial charge >= 0.3 is 0 Å². The minimum atomic E-state index is -1.63. The molecule has 0 atom stereocenters. The molecule has 1 aromatic rings. The first-order chi connectivity index (χ1) is 6.41. The number of hydrogen-bond donors (Lipinski definition) is 1. The Morgan fingerprint density at radius 1 is 1.29 bits per heavy atom. The lowest BCUT2D eigenvalue weighted by molar-refractivity contribution is -0.153. The Morgan fingerprint density at radius 3 is 2.21 bits per heavy atom. The molecule has 3 nitrogen and oxygen atoms in total. The third kappa shape index (κ3) is 1.76. The minimum absolute atomic E-state index is 0.701. The Bertz CT molecular complexity index is 344. The van der Waals surface area contributed by atoms with E-state index in [9.17, 15) is 0 Å². The lowest BCUT2D eigenvalue weighted by atomic mass is 10.4. The highest BCUT2D eigenvalue weighted by molar-refractivity contribution is 8.26. The number of nitrogens with two attached hydrogens (primary N) is 1. The van der Waals surface area contributed by atoms with Crippen molar-refractivity contribution in [3.63, 3.8) is 0 Å². The van der Waals surface area contributed by atoms with Gasteiger partial charge in [-0.2, -0.15) is 10.6 Å². The fraction of sp³-hybridized carbons (Fsp3) is 0.333. The summed E-state index contributed by atoms with van der Waals surface area (Å²) in [5.74, 6) is -0.941. The van der Waals surface area contributed by atoms with Crippen molar-refractivity contribution < 1.29 is 8.37 Å². The average molecular weight is 234 g/mol. The quantitative estimate of drug-likeness (QED) is 0.811. The average Bonchev–Trinajstić information content (AvgIpc) is 2.01. The van der Waals surface area contributed by atoms with Gasteiger partial charge in [-0.15, -0.1) is 0 Å². The first-order valence-electron chi connectivity index (χ1n) is 4.15. The molecule has 1 aliphatic rings. The largest absolute Gasteiger partial charge is 0.277 e. The zero-order chi connectivity index (χ0) is 10.4. The SMILES string of the molecule is CC1(N)OS(C)(c2ccc(Cl)cc2)O1. The van der Waals surface area contributed by atoms with E-state index in [-0.39, 0.29) is 0 Å². The van der Waals surface area contributed by atoms with Crippen molar-refractivity contribution >= 4 is 22.2 Å². The summed E-state index contributed by atoms with van der Waals surface area (Å²) in [6, 6.07) is 7.42. The van der Waals surface area contributed by atoms with Gasteiger partial charge in [0.1, 0.15) is 0 Å². The second-order valence-corrected chi connectivity index (χ2v) is 6.19. The molecule has 0 amide bonds. The van der Waals surface area contributed by atoms with Crippen molar-refractivity contribution in [2.45, 2.75) is 17.7 Å². The normalized spacial score (nSPS) is 41.1. The lowest BCUT2D eigenvalue weighted by Gasteiger charge is -2.55. The highest BCUT2D eigenvalue weighted by atomic mass is 35.5. The van der Waals surface area contributed by atoms with Crippen LogP contribution in [0.15, 0.2) is 29.2 Å². The number of halogens is 1. The number of benzene rings is 1. The zero-order valence-corrected chi connectivity index (χ0v) is 9.56. The summed E-state index contributed by atoms with van der Waals surface area (Å²) in [6.07, 6.45) is 1.91. The molecule has 1 saturated heterocycles. The summed E-state index contributed by atoms with van der Waals surface area (Å²) < 4.78 is 11.1. The van der Waals surface area contributed by atoms with E-state index in [1.54, 1.807) is 6.92 Å². The van der Waals surface area contributed by atoms with Crippen molar-refractivity contribution in [2.24, 2.45) is 5.73 Å². The van der Waals surface area contributed by atoms with Gasteiger partial charge in [0, 0.05) is 18.2 Å². The van der Waals surface area contributed by atoms with E-state index in [1.807, 2.05) is 30.5 Å². The fourth-order valence-corrected chi connectivity index (χ4v) is 3.64. The Labute approximate surface area is 89.9 Å². The van der Waals surface area contributed by atoms with Gasteiger partial charge < -0.3 is 0 Å². The van der Waals surface area contributed by atoms with E-state index in [2.05, 4.69) is 0 Å². The Hall–Kier alpha value is -0.260. The maximum Gasteiger partial charge on any atom is 0.263 e. The summed E-state index contributed by atoms with van der Waals surface area (Å²) in [7, 11) is -1.63. The summed E-state index contributed by atoms with van der Waals surface area (Å²) in [4.78, 5) is 0.991. The van der Waals surface area contributed by atoms with Crippen LogP contribution in [0, 0.1) is 0 Å². The van der Waals surface area contributed by atoms with E-state index in [0.717, 1.165) is 4.90 Å². The second kappa shape index (κ2) is 3.12. The van der Waals surface area contributed by atoms with Crippen LogP contribution in [0.2, 0.25) is 5.02 Å². The monoisotopic (exact) mass is 233 g/mol. The van der Waals surface area contributed by atoms with Crippen molar-refractivity contribution in [3.05, 3.63) is 29.3 Å². The molecule has 0 aromatic heterocycles. The predicted octanol–water partition coefficient (Wildman–Crippen LogP) is 2.64. The molecule has 78 valence electrons. The number of rotatable bonds is 1. The molecule has 1 fully saturated rings. The maximum atomic E-state index is 5.78. The molecule has 2 N–H and O–H groups in total. The van der Waals surface area contributed by atoms with Crippen LogP contribution in [-0.2, 0) is 8.37 Å². The van der Waals surface area contributed by atoms with Crippen LogP contribution >= 0.6 is 22.2 Å². The highest BCUT2D eigenvalue weighted by Gasteiger charge is 2.45. The molecule has 1 aliphatic heterocycles. The van der Waals surface area contributed by atoms with Crippen LogP contribution in [0.4, 0.5) is 0 Å². The molecular weight excluding hydrogens is 222 g/mol. The molecule has 0 spiro atoms. The van der Waals surface area contributed by atoms with Gasteiger partial charge in [-0.05, 0) is 24.3 Å². The van der Waals surface area contributed by atoms with Gasteiger partial charge in [-0.25, -0.2) is 8.37 Å². The van der Waals surface area contributed by atoms with Crippen LogP contribution in [0.1, 0.15) is 6.92 Å². The van der Waals surface area contributed by atoms with E-state index >= 15 is 0 Å². The first-order valence-corrected chi connectivity index (χ1v) is 6.42. The minimum Gasteiger partial charge on any atom is -0.277 e. The van der Waals surface area contributed by atoms with Crippen LogP contribution in [0.25, 0.3) is 0 Å². The Morgan fingerprint density at radius 2 is 1.79 bits per heavy atom. The summed E-state index contributed by atoms with van der Waals surface area (Å²) in [5, 5.41) is 0.701. The third-order valence-electron chi connectivity index (χ3n) is 1.89. The summed E-state index contributed by atoms with van der Waals surface area (Å²) in [5.41, 5.74) is 5.61. The molecule has 2 rings (SSSR count). The standard InChI is InChI=1S/C9H12ClNO2S/c1-9(11)12-14(2,13-9)8-5-3-7(10)4-6-8/h3-6H,11H2,1-2H3. The summed E-state index contributed by atoms with van der Waals surface area (Å²) >= 11 is 5.78. The van der Waals surface area contributed by atoms with Gasteiger partial charge in [-0.1, -0.05) is 11.6 Å². The van der Waals surface area contributed by atoms with Crippen LogP contribution in [0.5, 0.6) is 0 Å². The van der Waals surface area contributed by atoms with Gasteiger partial charge in [0.25, 0.3) is 5.91 Å². The molecule has 0 bridgehead atoms. The van der Waals surface area contributed by atoms with Gasteiger partial charge in [0.05, 0.1) is 4.90 Å². The van der Waals surface area contributed by atoms with Crippen LogP contribution < -0.4 is 5.73 Å². The molecule has 14 heavy (non-hydrogen) atoms. The van der Waals surface area contributed by atoms with E-state index in [4.69, 9.17) is 25.7 Å². The van der Waals surface area contributed by atoms with Gasteiger partial charge in [0.2, 0.25) is 0 Å². The first kappa shape index (κ1) is 10.3. The predicted molar refractivity (Wildman–Crippen MR) is 58.0 cm³/mol. The smallest absolute Gasteiger partial charge is 0.263 e. The van der Waals surface area contributed by atoms with Crippen molar-refractivity contribution in [2.75, 3.05) is 6.26 Å². The third-order valence-corrected chi connectivity index (χ3v) is 4.57. The van der Waals surface area contributed by atoms with Crippen molar-refractivity contribution in [1.29, 1.82) is 0 Å². The molecule has 0 saturated carbocycles. The maximum absolute atomic E-state index is 5.78. The Kier molecular flexibility index (Phi) is 2.28. The molecule has 5 heteroatoms. The van der Waals surface area contributed by atoms with Crippen LogP contribution in [0.3, 0.4) is 0 Å². The topological polar surface area (TPSA) is 44.5 Å². The second-order valence-electron chi connectivity index (χ2n) is 3.41. The van der Waals surface area contributed by atoms with Gasteiger partial charge in [-0.3, -0.25) is 5.73 Å². The molecule has 0 radical (unpaired) electrons. The lowest BCUT2D eigenvalue weighted by Crippen LogP contribution is -2.52. The van der Waals surface area contributed by atoms with Crippen molar-refractivity contribution in [3.8, 4) is 0 Å². The molecule has 1 heterocycles. The zero-order valence-electron chi connectivity index (χ0n) is 7.99. The van der Waals surface area contributed by atoms with Crippen molar-refractivity contribution in [1.82, 2.24) is 0 Å². The molecular formula is C9H12ClNO2S. The fourth-order valence-electron chi connectivity index (χ4n) is 1.42. The molecule has 0 unspecified atom stereocenters. The van der Waals surface area contributed by atoms with E-state index < -0.39 is 16.5 Å².